The third-order valence-electron chi connectivity index (χ3n) is 2.68. The van der Waals surface area contributed by atoms with Crippen molar-refractivity contribution in [3.63, 3.8) is 0 Å². The van der Waals surface area contributed by atoms with Gasteiger partial charge in [0.05, 0.1) is 21.2 Å². The minimum atomic E-state index is -4.67. The van der Waals surface area contributed by atoms with E-state index in [2.05, 4.69) is 20.7 Å². The molecule has 0 amide bonds. The Hall–Kier alpha value is -0.960. The summed E-state index contributed by atoms with van der Waals surface area (Å²) in [4.78, 5) is -0.551. The van der Waals surface area contributed by atoms with Crippen LogP contribution >= 0.6 is 39.1 Å². The fourth-order valence-corrected chi connectivity index (χ4v) is 3.96. The first-order chi connectivity index (χ1) is 10.5. The monoisotopic (exact) mass is 447 g/mol. The Labute approximate surface area is 148 Å². The van der Waals surface area contributed by atoms with Crippen LogP contribution in [0.1, 0.15) is 5.56 Å². The number of nitrogens with one attached hydrogen (secondary N) is 1. The van der Waals surface area contributed by atoms with Gasteiger partial charge < -0.3 is 0 Å². The molecule has 0 aromatic heterocycles. The van der Waals surface area contributed by atoms with Crippen molar-refractivity contribution in [1.82, 2.24) is 0 Å². The Morgan fingerprint density at radius 3 is 2.26 bits per heavy atom. The SMILES string of the molecule is O=S(=O)(Nc1ccc(Cl)cc1Cl)c1cc(Br)cc(C(F)(F)F)c1. The summed E-state index contributed by atoms with van der Waals surface area (Å²) in [5, 5.41) is 0.312. The molecule has 124 valence electrons. The summed E-state index contributed by atoms with van der Waals surface area (Å²) in [7, 11) is -4.26. The topological polar surface area (TPSA) is 46.2 Å². The van der Waals surface area contributed by atoms with Crippen LogP contribution in [0.25, 0.3) is 0 Å². The molecule has 1 N–H and O–H groups in total. The van der Waals surface area contributed by atoms with Gasteiger partial charge in [0.25, 0.3) is 10.0 Å². The Morgan fingerprint density at radius 2 is 1.70 bits per heavy atom. The first-order valence-corrected chi connectivity index (χ1v) is 8.88. The van der Waals surface area contributed by atoms with Gasteiger partial charge in [0.15, 0.2) is 0 Å². The minimum Gasteiger partial charge on any atom is -0.278 e. The van der Waals surface area contributed by atoms with E-state index >= 15 is 0 Å². The maximum Gasteiger partial charge on any atom is 0.416 e. The zero-order valence-electron chi connectivity index (χ0n) is 11.0. The van der Waals surface area contributed by atoms with Gasteiger partial charge in [0.1, 0.15) is 0 Å². The van der Waals surface area contributed by atoms with Crippen LogP contribution in [-0.4, -0.2) is 8.42 Å². The normalized spacial score (nSPS) is 12.3. The molecule has 2 aromatic carbocycles. The molecule has 0 unspecified atom stereocenters. The van der Waals surface area contributed by atoms with E-state index in [1.165, 1.54) is 18.2 Å². The van der Waals surface area contributed by atoms with Gasteiger partial charge in [0, 0.05) is 9.50 Å². The second kappa shape index (κ2) is 6.51. The summed E-state index contributed by atoms with van der Waals surface area (Å²) in [5.74, 6) is 0. The minimum absolute atomic E-state index is 0.00426. The van der Waals surface area contributed by atoms with E-state index < -0.39 is 26.7 Å². The van der Waals surface area contributed by atoms with Gasteiger partial charge in [-0.15, -0.1) is 0 Å². The van der Waals surface area contributed by atoms with Gasteiger partial charge in [-0.2, -0.15) is 13.2 Å². The molecular weight excluding hydrogens is 442 g/mol. The highest BCUT2D eigenvalue weighted by Gasteiger charge is 2.32. The van der Waals surface area contributed by atoms with Gasteiger partial charge in [-0.05, 0) is 36.4 Å². The summed E-state index contributed by atoms with van der Waals surface area (Å²) in [5.41, 5.74) is -1.08. The highest BCUT2D eigenvalue weighted by atomic mass is 79.9. The Morgan fingerprint density at radius 1 is 1.04 bits per heavy atom. The number of hydrogen-bond donors (Lipinski definition) is 1. The number of anilines is 1. The number of alkyl halides is 3. The predicted molar refractivity (Wildman–Crippen MR) is 86.4 cm³/mol. The van der Waals surface area contributed by atoms with Crippen molar-refractivity contribution in [2.45, 2.75) is 11.1 Å². The molecule has 0 saturated carbocycles. The fourth-order valence-electron chi connectivity index (χ4n) is 1.66. The van der Waals surface area contributed by atoms with E-state index in [-0.39, 0.29) is 15.2 Å². The maximum atomic E-state index is 12.8. The molecule has 2 rings (SSSR count). The zero-order valence-corrected chi connectivity index (χ0v) is 14.9. The van der Waals surface area contributed by atoms with Crippen LogP contribution in [0.15, 0.2) is 45.8 Å². The van der Waals surface area contributed by atoms with Crippen LogP contribution in [0.3, 0.4) is 0 Å². The van der Waals surface area contributed by atoms with Crippen LogP contribution < -0.4 is 4.72 Å². The van der Waals surface area contributed by atoms with Crippen LogP contribution in [0, 0.1) is 0 Å². The maximum absolute atomic E-state index is 12.8. The van der Waals surface area contributed by atoms with E-state index in [1.54, 1.807) is 0 Å². The first-order valence-electron chi connectivity index (χ1n) is 5.85. The molecule has 0 radical (unpaired) electrons. The lowest BCUT2D eigenvalue weighted by atomic mass is 10.2. The second-order valence-corrected chi connectivity index (χ2v) is 7.84. The zero-order chi connectivity index (χ0) is 17.4. The molecule has 0 aliphatic carbocycles. The smallest absolute Gasteiger partial charge is 0.278 e. The summed E-state index contributed by atoms with van der Waals surface area (Å²) in [6, 6.07) is 6.40. The highest BCUT2D eigenvalue weighted by Crippen LogP contribution is 2.34. The average Bonchev–Trinajstić information content (AvgIpc) is 2.40. The van der Waals surface area contributed by atoms with Gasteiger partial charge in [-0.25, -0.2) is 8.42 Å². The number of benzene rings is 2. The fraction of sp³-hybridized carbons (Fsp3) is 0.0769. The summed E-state index contributed by atoms with van der Waals surface area (Å²) in [6.45, 7) is 0. The Balaban J connectivity index is 2.46. The third kappa shape index (κ3) is 4.53. The van der Waals surface area contributed by atoms with Gasteiger partial charge >= 0.3 is 6.18 Å². The van der Waals surface area contributed by atoms with Crippen molar-refractivity contribution < 1.29 is 21.6 Å². The molecule has 0 saturated heterocycles. The predicted octanol–water partition coefficient (Wildman–Crippen LogP) is 5.58. The van der Waals surface area contributed by atoms with Crippen LogP contribution in [0.5, 0.6) is 0 Å². The van der Waals surface area contributed by atoms with Crippen LogP contribution in [0.4, 0.5) is 18.9 Å². The number of sulfonamides is 1. The van der Waals surface area contributed by atoms with E-state index in [9.17, 15) is 21.6 Å². The molecule has 10 heteroatoms. The molecule has 0 aliphatic rings. The molecule has 0 spiro atoms. The van der Waals surface area contributed by atoms with Crippen molar-refractivity contribution in [2.24, 2.45) is 0 Å². The van der Waals surface area contributed by atoms with Crippen molar-refractivity contribution in [2.75, 3.05) is 4.72 Å². The lowest BCUT2D eigenvalue weighted by molar-refractivity contribution is -0.137. The largest absolute Gasteiger partial charge is 0.416 e. The Bertz CT molecular complexity index is 857. The van der Waals surface area contributed by atoms with E-state index in [0.717, 1.165) is 12.1 Å². The Kier molecular flexibility index (Phi) is 5.20. The molecule has 0 fully saturated rings. The lowest BCUT2D eigenvalue weighted by Gasteiger charge is -2.13. The van der Waals surface area contributed by atoms with Crippen LogP contribution in [0.2, 0.25) is 10.0 Å². The van der Waals surface area contributed by atoms with Crippen molar-refractivity contribution in [3.05, 3.63) is 56.5 Å². The number of hydrogen-bond acceptors (Lipinski definition) is 2. The van der Waals surface area contributed by atoms with Crippen LogP contribution in [-0.2, 0) is 16.2 Å². The summed E-state index contributed by atoms with van der Waals surface area (Å²) >= 11 is 14.4. The van der Waals surface area contributed by atoms with Crippen molar-refractivity contribution >= 4 is 54.8 Å². The van der Waals surface area contributed by atoms with Crippen molar-refractivity contribution in [3.8, 4) is 0 Å². The molecule has 0 heterocycles. The van der Waals surface area contributed by atoms with E-state index in [4.69, 9.17) is 23.2 Å². The molecule has 0 bridgehead atoms. The quantitative estimate of drug-likeness (QED) is 0.666. The van der Waals surface area contributed by atoms with E-state index in [1.807, 2.05) is 0 Å². The average molecular weight is 449 g/mol. The number of rotatable bonds is 3. The molecule has 3 nitrogen and oxygen atoms in total. The highest BCUT2D eigenvalue weighted by molar-refractivity contribution is 9.10. The van der Waals surface area contributed by atoms with Gasteiger partial charge in [0.2, 0.25) is 0 Å². The first kappa shape index (κ1) is 18.4. The number of halogens is 6. The molecular formula is C13H7BrCl2F3NO2S. The van der Waals surface area contributed by atoms with E-state index in [0.29, 0.717) is 11.1 Å². The lowest BCUT2D eigenvalue weighted by Crippen LogP contribution is -2.15. The molecule has 23 heavy (non-hydrogen) atoms. The summed E-state index contributed by atoms with van der Waals surface area (Å²) < 4.78 is 65.1. The molecule has 0 aliphatic heterocycles. The van der Waals surface area contributed by atoms with Crippen molar-refractivity contribution in [1.29, 1.82) is 0 Å². The van der Waals surface area contributed by atoms with Gasteiger partial charge in [-0.3, -0.25) is 4.72 Å². The molecule has 0 atom stereocenters. The van der Waals surface area contributed by atoms with Gasteiger partial charge in [-0.1, -0.05) is 39.1 Å². The molecule has 2 aromatic rings. The standard InChI is InChI=1S/C13H7BrCl2F3NO2S/c14-8-3-7(13(17,18)19)4-10(5-8)23(21,22)20-12-2-1-9(15)6-11(12)16/h1-6,20H. The second-order valence-electron chi connectivity index (χ2n) is 4.40. The summed E-state index contributed by atoms with van der Waals surface area (Å²) in [6.07, 6.45) is -4.67. The third-order valence-corrected chi connectivity index (χ3v) is 5.03.